The molecule has 20 heavy (non-hydrogen) atoms. The number of carbonyl (C=O) groups is 1. The Balaban J connectivity index is 2.47. The van der Waals surface area contributed by atoms with Gasteiger partial charge in [-0.1, -0.05) is 11.3 Å². The van der Waals surface area contributed by atoms with Crippen LogP contribution in [0.4, 0.5) is 5.13 Å². The van der Waals surface area contributed by atoms with Crippen molar-refractivity contribution in [3.63, 3.8) is 0 Å². The molecule has 0 aliphatic heterocycles. The van der Waals surface area contributed by atoms with Gasteiger partial charge >= 0.3 is 0 Å². The fourth-order valence-corrected chi connectivity index (χ4v) is 2.98. The van der Waals surface area contributed by atoms with E-state index in [4.69, 9.17) is 0 Å². The SMILES string of the molecule is CC(=O)Nc1nc(C)c(-c2ccnc(S(C)(=O)=O)n2)s1. The minimum atomic E-state index is -3.47. The molecule has 2 aromatic rings. The van der Waals surface area contributed by atoms with E-state index in [0.29, 0.717) is 21.4 Å². The molecule has 0 atom stereocenters. The molecule has 1 N–H and O–H groups in total. The van der Waals surface area contributed by atoms with Crippen molar-refractivity contribution in [3.8, 4) is 10.6 Å². The van der Waals surface area contributed by atoms with Gasteiger partial charge in [0.2, 0.25) is 20.9 Å². The average molecular weight is 312 g/mol. The van der Waals surface area contributed by atoms with Crippen molar-refractivity contribution in [2.45, 2.75) is 19.0 Å². The molecule has 0 fully saturated rings. The van der Waals surface area contributed by atoms with Gasteiger partial charge < -0.3 is 5.32 Å². The normalized spacial score (nSPS) is 11.3. The topological polar surface area (TPSA) is 102 Å². The van der Waals surface area contributed by atoms with Gasteiger partial charge in [0.05, 0.1) is 16.3 Å². The zero-order valence-electron chi connectivity index (χ0n) is 11.0. The summed E-state index contributed by atoms with van der Waals surface area (Å²) in [5.41, 5.74) is 1.13. The number of aryl methyl sites for hydroxylation is 1. The minimum absolute atomic E-state index is 0.218. The zero-order valence-corrected chi connectivity index (χ0v) is 12.7. The van der Waals surface area contributed by atoms with Crippen molar-refractivity contribution in [1.82, 2.24) is 15.0 Å². The van der Waals surface area contributed by atoms with Crippen LogP contribution >= 0.6 is 11.3 Å². The highest BCUT2D eigenvalue weighted by Gasteiger charge is 2.16. The molecule has 106 valence electrons. The highest BCUT2D eigenvalue weighted by molar-refractivity contribution is 7.90. The molecule has 0 saturated carbocycles. The van der Waals surface area contributed by atoms with Gasteiger partial charge in [0.1, 0.15) is 0 Å². The summed E-state index contributed by atoms with van der Waals surface area (Å²) in [5, 5.41) is 2.80. The molecule has 0 aliphatic rings. The van der Waals surface area contributed by atoms with E-state index in [0.717, 1.165) is 6.26 Å². The molecule has 0 radical (unpaired) electrons. The van der Waals surface area contributed by atoms with Crippen molar-refractivity contribution in [2.24, 2.45) is 0 Å². The number of thiazole rings is 1. The van der Waals surface area contributed by atoms with Crippen LogP contribution in [0, 0.1) is 6.92 Å². The molecule has 0 spiro atoms. The maximum atomic E-state index is 11.5. The van der Waals surface area contributed by atoms with Crippen LogP contribution in [-0.4, -0.2) is 35.5 Å². The van der Waals surface area contributed by atoms with E-state index < -0.39 is 9.84 Å². The summed E-state index contributed by atoms with van der Waals surface area (Å²) in [5.74, 6) is -0.218. The van der Waals surface area contributed by atoms with Gasteiger partial charge in [-0.25, -0.2) is 23.4 Å². The Kier molecular flexibility index (Phi) is 3.82. The van der Waals surface area contributed by atoms with E-state index in [9.17, 15) is 13.2 Å². The Morgan fingerprint density at radius 2 is 2.05 bits per heavy atom. The van der Waals surface area contributed by atoms with E-state index >= 15 is 0 Å². The van der Waals surface area contributed by atoms with Crippen LogP contribution < -0.4 is 5.32 Å². The second-order valence-electron chi connectivity index (χ2n) is 4.11. The van der Waals surface area contributed by atoms with Crippen molar-refractivity contribution in [1.29, 1.82) is 0 Å². The lowest BCUT2D eigenvalue weighted by Gasteiger charge is -2.00. The summed E-state index contributed by atoms with van der Waals surface area (Å²) in [6, 6.07) is 1.60. The highest BCUT2D eigenvalue weighted by Crippen LogP contribution is 2.31. The third kappa shape index (κ3) is 3.17. The van der Waals surface area contributed by atoms with Crippen LogP contribution in [0.2, 0.25) is 0 Å². The molecular formula is C11H12N4O3S2. The molecule has 7 nitrogen and oxygen atoms in total. The molecule has 2 rings (SSSR count). The summed E-state index contributed by atoms with van der Waals surface area (Å²) >= 11 is 1.23. The minimum Gasteiger partial charge on any atom is -0.302 e. The third-order valence-electron chi connectivity index (χ3n) is 2.28. The Morgan fingerprint density at radius 3 is 2.65 bits per heavy atom. The standard InChI is InChI=1S/C11H12N4O3S2/c1-6-9(19-10(13-6)14-7(2)16)8-4-5-12-11(15-8)20(3,17)18/h4-5H,1-3H3,(H,13,14,16). The molecule has 0 aromatic carbocycles. The predicted octanol–water partition coefficient (Wildman–Crippen LogP) is 1.27. The van der Waals surface area contributed by atoms with Crippen LogP contribution in [-0.2, 0) is 14.6 Å². The molecule has 0 aliphatic carbocycles. The molecule has 2 heterocycles. The number of nitrogens with one attached hydrogen (secondary N) is 1. The maximum absolute atomic E-state index is 11.5. The summed E-state index contributed by atoms with van der Waals surface area (Å²) in [7, 11) is -3.47. The van der Waals surface area contributed by atoms with Gasteiger partial charge in [-0.3, -0.25) is 4.79 Å². The molecule has 0 bridgehead atoms. The molecular weight excluding hydrogens is 300 g/mol. The lowest BCUT2D eigenvalue weighted by atomic mass is 10.3. The Hall–Kier alpha value is -1.87. The Labute approximate surface area is 120 Å². The van der Waals surface area contributed by atoms with Crippen LogP contribution in [0.1, 0.15) is 12.6 Å². The van der Waals surface area contributed by atoms with Crippen LogP contribution in [0.3, 0.4) is 0 Å². The Morgan fingerprint density at radius 1 is 1.35 bits per heavy atom. The summed E-state index contributed by atoms with van der Waals surface area (Å²) in [4.78, 5) is 23.7. The van der Waals surface area contributed by atoms with E-state index in [-0.39, 0.29) is 11.1 Å². The predicted molar refractivity (Wildman–Crippen MR) is 75.3 cm³/mol. The first-order valence-corrected chi connectivity index (χ1v) is 8.26. The van der Waals surface area contributed by atoms with Crippen molar-refractivity contribution >= 4 is 32.2 Å². The number of aromatic nitrogens is 3. The first-order valence-electron chi connectivity index (χ1n) is 5.56. The third-order valence-corrected chi connectivity index (χ3v) is 4.23. The number of anilines is 1. The van der Waals surface area contributed by atoms with Crippen molar-refractivity contribution in [3.05, 3.63) is 18.0 Å². The zero-order chi connectivity index (χ0) is 14.9. The Bertz CT molecular complexity index is 768. The van der Waals surface area contributed by atoms with E-state index in [1.807, 2.05) is 0 Å². The maximum Gasteiger partial charge on any atom is 0.247 e. The fraction of sp³-hybridized carbons (Fsp3) is 0.273. The monoisotopic (exact) mass is 312 g/mol. The number of hydrogen-bond acceptors (Lipinski definition) is 7. The summed E-state index contributed by atoms with van der Waals surface area (Å²) in [6.07, 6.45) is 2.43. The van der Waals surface area contributed by atoms with E-state index in [2.05, 4.69) is 20.3 Å². The molecule has 9 heteroatoms. The largest absolute Gasteiger partial charge is 0.302 e. The first-order chi connectivity index (χ1) is 9.27. The fourth-order valence-electron chi connectivity index (χ4n) is 1.48. The quantitative estimate of drug-likeness (QED) is 0.856. The number of rotatable bonds is 3. The van der Waals surface area contributed by atoms with Gasteiger partial charge in [-0.2, -0.15) is 0 Å². The highest BCUT2D eigenvalue weighted by atomic mass is 32.2. The second-order valence-corrected chi connectivity index (χ2v) is 7.02. The van der Waals surface area contributed by atoms with Gasteiger partial charge in [0.15, 0.2) is 5.13 Å². The number of carbonyl (C=O) groups excluding carboxylic acids is 1. The molecule has 0 saturated heterocycles. The van der Waals surface area contributed by atoms with E-state index in [1.165, 1.54) is 24.5 Å². The molecule has 0 unspecified atom stereocenters. The molecule has 2 aromatic heterocycles. The van der Waals surface area contributed by atoms with Gasteiger partial charge in [-0.05, 0) is 13.0 Å². The van der Waals surface area contributed by atoms with Crippen molar-refractivity contribution < 1.29 is 13.2 Å². The van der Waals surface area contributed by atoms with Gasteiger partial charge in [-0.15, -0.1) is 0 Å². The average Bonchev–Trinajstić information content (AvgIpc) is 2.68. The van der Waals surface area contributed by atoms with Gasteiger partial charge in [0.25, 0.3) is 0 Å². The smallest absolute Gasteiger partial charge is 0.247 e. The number of sulfone groups is 1. The van der Waals surface area contributed by atoms with Crippen LogP contribution in [0.25, 0.3) is 10.6 Å². The van der Waals surface area contributed by atoms with Crippen LogP contribution in [0.15, 0.2) is 17.4 Å². The van der Waals surface area contributed by atoms with Crippen LogP contribution in [0.5, 0.6) is 0 Å². The lowest BCUT2D eigenvalue weighted by molar-refractivity contribution is -0.114. The van der Waals surface area contributed by atoms with Gasteiger partial charge in [0, 0.05) is 19.4 Å². The number of nitrogens with zero attached hydrogens (tertiary/aromatic N) is 3. The van der Waals surface area contributed by atoms with Crippen molar-refractivity contribution in [2.75, 3.05) is 11.6 Å². The number of hydrogen-bond donors (Lipinski definition) is 1. The van der Waals surface area contributed by atoms with E-state index in [1.54, 1.807) is 13.0 Å². The summed E-state index contributed by atoms with van der Waals surface area (Å²) < 4.78 is 22.9. The lowest BCUT2D eigenvalue weighted by Crippen LogP contribution is -2.04. The number of amides is 1. The molecule has 1 amide bonds. The first kappa shape index (κ1) is 14.5. The second kappa shape index (κ2) is 5.25. The summed E-state index contributed by atoms with van der Waals surface area (Å²) in [6.45, 7) is 3.15.